The summed E-state index contributed by atoms with van der Waals surface area (Å²) in [6.45, 7) is 2.33. The highest BCUT2D eigenvalue weighted by Gasteiger charge is 2.08. The van der Waals surface area contributed by atoms with Gasteiger partial charge in [-0.15, -0.1) is 0 Å². The molecule has 0 aliphatic heterocycles. The van der Waals surface area contributed by atoms with E-state index in [1.165, 1.54) is 0 Å². The normalized spacial score (nSPS) is 11.1. The van der Waals surface area contributed by atoms with Crippen LogP contribution in [0.25, 0.3) is 0 Å². The number of amides is 1. The Morgan fingerprint density at radius 2 is 1.85 bits per heavy atom. The summed E-state index contributed by atoms with van der Waals surface area (Å²) in [6.07, 6.45) is 7.16. The summed E-state index contributed by atoms with van der Waals surface area (Å²) in [6, 6.07) is 7.51. The van der Waals surface area contributed by atoms with E-state index >= 15 is 0 Å². The fourth-order valence-electron chi connectivity index (χ4n) is 2.43. The highest BCUT2D eigenvalue weighted by atomic mass is 79.9. The lowest BCUT2D eigenvalue weighted by Crippen LogP contribution is -2.18. The van der Waals surface area contributed by atoms with Gasteiger partial charge in [0.2, 0.25) is 0 Å². The maximum atomic E-state index is 12.4. The second-order valence-corrected chi connectivity index (χ2v) is 7.22. The van der Waals surface area contributed by atoms with Gasteiger partial charge in [-0.3, -0.25) is 14.2 Å². The lowest BCUT2D eigenvalue weighted by atomic mass is 10.1. The summed E-state index contributed by atoms with van der Waals surface area (Å²) in [7, 11) is 4.03. The number of carbonyl (C=O) groups is 1. The van der Waals surface area contributed by atoms with Crippen molar-refractivity contribution in [3.05, 3.63) is 64.7 Å². The SMILES string of the molecule is CN(C)CCn1cc(NC(=O)c2ccc(Cn3cc(Br)cn3)cc2)cn1. The molecule has 0 aliphatic carbocycles. The van der Waals surface area contributed by atoms with Gasteiger partial charge in [0, 0.05) is 24.5 Å². The minimum absolute atomic E-state index is 0.148. The first-order valence-electron chi connectivity index (χ1n) is 8.25. The van der Waals surface area contributed by atoms with Crippen molar-refractivity contribution in [1.29, 1.82) is 0 Å². The third kappa shape index (κ3) is 5.03. The Balaban J connectivity index is 1.57. The number of hydrogen-bond acceptors (Lipinski definition) is 4. The number of rotatable bonds is 7. The largest absolute Gasteiger partial charge is 0.319 e. The van der Waals surface area contributed by atoms with Crippen LogP contribution in [0.15, 0.2) is 53.5 Å². The molecular weight excluding hydrogens is 396 g/mol. The zero-order valence-corrected chi connectivity index (χ0v) is 16.3. The number of carbonyl (C=O) groups excluding carboxylic acids is 1. The molecule has 3 rings (SSSR count). The fraction of sp³-hybridized carbons (Fsp3) is 0.278. The zero-order chi connectivity index (χ0) is 18.5. The highest BCUT2D eigenvalue weighted by Crippen LogP contribution is 2.12. The molecule has 0 spiro atoms. The Labute approximate surface area is 160 Å². The van der Waals surface area contributed by atoms with Crippen molar-refractivity contribution in [2.24, 2.45) is 0 Å². The molecule has 1 N–H and O–H groups in total. The summed E-state index contributed by atoms with van der Waals surface area (Å²) < 4.78 is 4.60. The number of nitrogens with one attached hydrogen (secondary N) is 1. The van der Waals surface area contributed by atoms with Crippen LogP contribution in [-0.4, -0.2) is 51.0 Å². The van der Waals surface area contributed by atoms with Crippen LogP contribution in [0.4, 0.5) is 5.69 Å². The molecule has 7 nitrogen and oxygen atoms in total. The second kappa shape index (κ2) is 8.29. The number of aromatic nitrogens is 4. The first-order valence-corrected chi connectivity index (χ1v) is 9.04. The molecule has 0 unspecified atom stereocenters. The van der Waals surface area contributed by atoms with Gasteiger partial charge in [-0.2, -0.15) is 10.2 Å². The quantitative estimate of drug-likeness (QED) is 0.642. The average Bonchev–Trinajstić information content (AvgIpc) is 3.22. The van der Waals surface area contributed by atoms with Gasteiger partial charge in [0.05, 0.1) is 35.6 Å². The summed E-state index contributed by atoms with van der Waals surface area (Å²) in [5.74, 6) is -0.148. The molecule has 0 atom stereocenters. The van der Waals surface area contributed by atoms with E-state index in [0.717, 1.165) is 23.1 Å². The monoisotopic (exact) mass is 416 g/mol. The number of halogens is 1. The predicted molar refractivity (Wildman–Crippen MR) is 104 cm³/mol. The van der Waals surface area contributed by atoms with Gasteiger partial charge in [-0.25, -0.2) is 0 Å². The van der Waals surface area contributed by atoms with E-state index in [4.69, 9.17) is 0 Å². The lowest BCUT2D eigenvalue weighted by Gasteiger charge is -2.08. The van der Waals surface area contributed by atoms with E-state index in [-0.39, 0.29) is 5.91 Å². The lowest BCUT2D eigenvalue weighted by molar-refractivity contribution is 0.102. The number of hydrogen-bond donors (Lipinski definition) is 1. The Morgan fingerprint density at radius 3 is 2.50 bits per heavy atom. The van der Waals surface area contributed by atoms with Gasteiger partial charge >= 0.3 is 0 Å². The van der Waals surface area contributed by atoms with Crippen LogP contribution in [0, 0.1) is 0 Å². The van der Waals surface area contributed by atoms with Crippen LogP contribution in [0.2, 0.25) is 0 Å². The zero-order valence-electron chi connectivity index (χ0n) is 14.8. The van der Waals surface area contributed by atoms with Crippen LogP contribution in [-0.2, 0) is 13.1 Å². The van der Waals surface area contributed by atoms with E-state index in [1.54, 1.807) is 12.4 Å². The van der Waals surface area contributed by atoms with Crippen molar-refractivity contribution in [2.45, 2.75) is 13.1 Å². The fourth-order valence-corrected chi connectivity index (χ4v) is 2.76. The minimum atomic E-state index is -0.148. The van der Waals surface area contributed by atoms with Gasteiger partial charge in [-0.1, -0.05) is 12.1 Å². The molecule has 0 radical (unpaired) electrons. The van der Waals surface area contributed by atoms with Crippen molar-refractivity contribution in [3.63, 3.8) is 0 Å². The molecular formula is C18H21BrN6O. The molecule has 2 aromatic heterocycles. The third-order valence-electron chi connectivity index (χ3n) is 3.83. The summed E-state index contributed by atoms with van der Waals surface area (Å²) in [4.78, 5) is 14.5. The maximum absolute atomic E-state index is 12.4. The van der Waals surface area contributed by atoms with Crippen molar-refractivity contribution in [2.75, 3.05) is 26.0 Å². The molecule has 3 aromatic rings. The first kappa shape index (κ1) is 18.3. The van der Waals surface area contributed by atoms with Gasteiger partial charge in [0.15, 0.2) is 0 Å². The maximum Gasteiger partial charge on any atom is 0.255 e. The second-order valence-electron chi connectivity index (χ2n) is 6.30. The van der Waals surface area contributed by atoms with E-state index in [0.29, 0.717) is 17.8 Å². The third-order valence-corrected chi connectivity index (χ3v) is 4.24. The van der Waals surface area contributed by atoms with Gasteiger partial charge in [-0.05, 0) is 47.7 Å². The number of likely N-dealkylation sites (N-methyl/N-ethyl adjacent to an activating group) is 1. The van der Waals surface area contributed by atoms with E-state index < -0.39 is 0 Å². The topological polar surface area (TPSA) is 68.0 Å². The Morgan fingerprint density at radius 1 is 1.12 bits per heavy atom. The van der Waals surface area contributed by atoms with Gasteiger partial charge in [0.1, 0.15) is 0 Å². The Kier molecular flexibility index (Phi) is 5.85. The molecule has 2 heterocycles. The minimum Gasteiger partial charge on any atom is -0.319 e. The standard InChI is InChI=1S/C18H21BrN6O/c1-23(2)7-8-24-13-17(10-21-24)22-18(26)15-5-3-14(4-6-15)11-25-12-16(19)9-20-25/h3-6,9-10,12-13H,7-8,11H2,1-2H3,(H,22,26). The molecule has 8 heteroatoms. The number of anilines is 1. The van der Waals surface area contributed by atoms with Crippen LogP contribution in [0.5, 0.6) is 0 Å². The van der Waals surface area contributed by atoms with Crippen LogP contribution in [0.3, 0.4) is 0 Å². The van der Waals surface area contributed by atoms with Crippen molar-refractivity contribution in [3.8, 4) is 0 Å². The summed E-state index contributed by atoms with van der Waals surface area (Å²) in [5, 5.41) is 11.4. The van der Waals surface area contributed by atoms with Crippen molar-refractivity contribution >= 4 is 27.5 Å². The van der Waals surface area contributed by atoms with Crippen LogP contribution in [0.1, 0.15) is 15.9 Å². The smallest absolute Gasteiger partial charge is 0.255 e. The van der Waals surface area contributed by atoms with Crippen LogP contribution < -0.4 is 5.32 Å². The van der Waals surface area contributed by atoms with Crippen molar-refractivity contribution in [1.82, 2.24) is 24.5 Å². The highest BCUT2D eigenvalue weighted by molar-refractivity contribution is 9.10. The van der Waals surface area contributed by atoms with Crippen LogP contribution >= 0.6 is 15.9 Å². The number of benzene rings is 1. The van der Waals surface area contributed by atoms with E-state index in [2.05, 4.69) is 36.3 Å². The molecule has 0 bridgehead atoms. The molecule has 0 aliphatic rings. The first-order chi connectivity index (χ1) is 12.5. The summed E-state index contributed by atoms with van der Waals surface area (Å²) in [5.41, 5.74) is 2.38. The Bertz CT molecular complexity index is 868. The molecule has 1 aromatic carbocycles. The molecule has 0 saturated heterocycles. The van der Waals surface area contributed by atoms with Gasteiger partial charge < -0.3 is 10.2 Å². The summed E-state index contributed by atoms with van der Waals surface area (Å²) >= 11 is 3.38. The van der Waals surface area contributed by atoms with E-state index in [9.17, 15) is 4.79 Å². The van der Waals surface area contributed by atoms with E-state index in [1.807, 2.05) is 60.1 Å². The predicted octanol–water partition coefficient (Wildman–Crippen LogP) is 2.70. The van der Waals surface area contributed by atoms with Crippen molar-refractivity contribution < 1.29 is 4.79 Å². The molecule has 136 valence electrons. The molecule has 0 fully saturated rings. The molecule has 26 heavy (non-hydrogen) atoms. The Hall–Kier alpha value is -2.45. The average molecular weight is 417 g/mol. The van der Waals surface area contributed by atoms with Gasteiger partial charge in [0.25, 0.3) is 5.91 Å². The number of nitrogens with zero attached hydrogens (tertiary/aromatic N) is 5. The molecule has 1 amide bonds. The molecule has 0 saturated carbocycles.